The van der Waals surface area contributed by atoms with Gasteiger partial charge in [-0.05, 0) is 42.7 Å². The van der Waals surface area contributed by atoms with Gasteiger partial charge in [0.25, 0.3) is 0 Å². The number of carbonyl (C=O) groups is 1. The Morgan fingerprint density at radius 3 is 2.62 bits per heavy atom. The normalized spacial score (nSPS) is 17.0. The van der Waals surface area contributed by atoms with E-state index in [1.54, 1.807) is 11.8 Å². The Balaban J connectivity index is 1.76. The van der Waals surface area contributed by atoms with Crippen molar-refractivity contribution in [3.8, 4) is 5.75 Å². The summed E-state index contributed by atoms with van der Waals surface area (Å²) in [5, 5.41) is 0. The Kier molecular flexibility index (Phi) is 4.02. The minimum Gasteiger partial charge on any atom is -0.481 e. The van der Waals surface area contributed by atoms with Crippen molar-refractivity contribution in [1.82, 2.24) is 0 Å². The van der Waals surface area contributed by atoms with E-state index in [0.717, 1.165) is 16.2 Å². The summed E-state index contributed by atoms with van der Waals surface area (Å²) in [5.74, 6) is 1.68. The Labute approximate surface area is 129 Å². The molecule has 2 aromatic carbocycles. The second-order valence-corrected chi connectivity index (χ2v) is 6.44. The maximum absolute atomic E-state index is 12.5. The summed E-state index contributed by atoms with van der Waals surface area (Å²) < 4.78 is 5.88. The Morgan fingerprint density at radius 2 is 1.86 bits per heavy atom. The maximum atomic E-state index is 12.5. The molecule has 3 heteroatoms. The van der Waals surface area contributed by atoms with Crippen molar-refractivity contribution >= 4 is 17.5 Å². The third kappa shape index (κ3) is 2.98. The van der Waals surface area contributed by atoms with Crippen molar-refractivity contribution in [3.05, 3.63) is 59.2 Å². The molecule has 2 aromatic rings. The average Bonchev–Trinajstić information content (AvgIpc) is 2.50. The lowest BCUT2D eigenvalue weighted by molar-refractivity contribution is -0.124. The number of carbonyl (C=O) groups excluding carboxylic acids is 1. The van der Waals surface area contributed by atoms with Gasteiger partial charge in [-0.3, -0.25) is 4.79 Å². The van der Waals surface area contributed by atoms with Gasteiger partial charge in [0.05, 0.1) is 0 Å². The second kappa shape index (κ2) is 5.94. The van der Waals surface area contributed by atoms with Gasteiger partial charge in [0.1, 0.15) is 5.75 Å². The zero-order valence-electron chi connectivity index (χ0n) is 12.3. The fourth-order valence-electron chi connectivity index (χ4n) is 2.59. The van der Waals surface area contributed by atoms with Crippen LogP contribution in [0.15, 0.2) is 47.4 Å². The van der Waals surface area contributed by atoms with Gasteiger partial charge in [0.15, 0.2) is 11.9 Å². The lowest BCUT2D eigenvalue weighted by Gasteiger charge is -2.25. The molecule has 0 fully saturated rings. The number of hydrogen-bond acceptors (Lipinski definition) is 3. The fourth-order valence-corrected chi connectivity index (χ4v) is 3.61. The summed E-state index contributed by atoms with van der Waals surface area (Å²) in [6.45, 7) is 4.11. The summed E-state index contributed by atoms with van der Waals surface area (Å²) in [5.41, 5.74) is 3.48. The van der Waals surface area contributed by atoms with Crippen LogP contribution in [-0.2, 0) is 11.2 Å². The predicted octanol–water partition coefficient (Wildman–Crippen LogP) is 3.97. The van der Waals surface area contributed by atoms with E-state index >= 15 is 0 Å². The highest BCUT2D eigenvalue weighted by Gasteiger charge is 2.26. The van der Waals surface area contributed by atoms with E-state index < -0.39 is 0 Å². The molecule has 0 N–H and O–H groups in total. The molecule has 1 aliphatic heterocycles. The molecule has 0 saturated carbocycles. The minimum absolute atomic E-state index is 0.161. The van der Waals surface area contributed by atoms with Crippen LogP contribution in [0.4, 0.5) is 0 Å². The molecule has 0 amide bonds. The minimum atomic E-state index is -0.344. The lowest BCUT2D eigenvalue weighted by atomic mass is 9.97. The number of aryl methyl sites for hydroxylation is 2. The van der Waals surface area contributed by atoms with Crippen LogP contribution in [0.3, 0.4) is 0 Å². The number of para-hydroxylation sites is 1. The van der Waals surface area contributed by atoms with Crippen molar-refractivity contribution in [2.24, 2.45) is 0 Å². The zero-order valence-corrected chi connectivity index (χ0v) is 13.1. The van der Waals surface area contributed by atoms with Crippen molar-refractivity contribution in [2.45, 2.75) is 31.3 Å². The maximum Gasteiger partial charge on any atom is 0.178 e. The first-order valence-electron chi connectivity index (χ1n) is 7.11. The molecule has 21 heavy (non-hydrogen) atoms. The van der Waals surface area contributed by atoms with Crippen LogP contribution in [0.2, 0.25) is 0 Å². The first-order chi connectivity index (χ1) is 10.1. The van der Waals surface area contributed by atoms with Crippen LogP contribution in [0, 0.1) is 13.8 Å². The molecule has 0 spiro atoms. The molecule has 108 valence electrons. The van der Waals surface area contributed by atoms with E-state index in [1.807, 2.05) is 30.3 Å². The highest BCUT2D eigenvalue weighted by atomic mass is 32.2. The van der Waals surface area contributed by atoms with Gasteiger partial charge >= 0.3 is 0 Å². The van der Waals surface area contributed by atoms with E-state index in [1.165, 1.54) is 11.1 Å². The Morgan fingerprint density at radius 1 is 1.14 bits per heavy atom. The lowest BCUT2D eigenvalue weighted by Crippen LogP contribution is -2.33. The summed E-state index contributed by atoms with van der Waals surface area (Å²) in [6, 6.07) is 14.0. The first kappa shape index (κ1) is 14.2. The standard InChI is InChI=1S/C18H18O2S/c1-12-6-5-7-13(2)14(12)10-15(19)17-11-21-18-9-4-3-8-16(18)20-17/h3-9,17H,10-11H2,1-2H3. The van der Waals surface area contributed by atoms with Crippen molar-refractivity contribution in [3.63, 3.8) is 0 Å². The van der Waals surface area contributed by atoms with Crippen molar-refractivity contribution < 1.29 is 9.53 Å². The number of ether oxygens (including phenoxy) is 1. The van der Waals surface area contributed by atoms with E-state index in [-0.39, 0.29) is 11.9 Å². The number of rotatable bonds is 3. The molecular weight excluding hydrogens is 280 g/mol. The second-order valence-electron chi connectivity index (χ2n) is 5.38. The van der Waals surface area contributed by atoms with Gasteiger partial charge in [-0.15, -0.1) is 11.8 Å². The van der Waals surface area contributed by atoms with E-state index in [2.05, 4.69) is 26.0 Å². The highest BCUT2D eigenvalue weighted by molar-refractivity contribution is 7.99. The van der Waals surface area contributed by atoms with Crippen LogP contribution >= 0.6 is 11.8 Å². The number of ketones is 1. The molecule has 1 unspecified atom stereocenters. The van der Waals surface area contributed by atoms with E-state index in [9.17, 15) is 4.79 Å². The highest BCUT2D eigenvalue weighted by Crippen LogP contribution is 2.35. The summed E-state index contributed by atoms with van der Waals surface area (Å²) in [6.07, 6.45) is 0.107. The van der Waals surface area contributed by atoms with Crippen LogP contribution in [0.5, 0.6) is 5.75 Å². The largest absolute Gasteiger partial charge is 0.481 e. The van der Waals surface area contributed by atoms with Crippen LogP contribution in [-0.4, -0.2) is 17.6 Å². The number of benzene rings is 2. The molecule has 0 aromatic heterocycles. The third-order valence-corrected chi connectivity index (χ3v) is 4.98. The SMILES string of the molecule is Cc1cccc(C)c1CC(=O)C1CSc2ccccc2O1. The van der Waals surface area contributed by atoms with Gasteiger partial charge in [0.2, 0.25) is 0 Å². The molecule has 0 radical (unpaired) electrons. The molecule has 1 atom stereocenters. The number of Topliss-reactive ketones (excluding diaryl/α,β-unsaturated/α-hetero) is 1. The van der Waals surface area contributed by atoms with Crippen LogP contribution in [0.25, 0.3) is 0 Å². The summed E-state index contributed by atoms with van der Waals surface area (Å²) in [4.78, 5) is 13.7. The molecule has 0 saturated heterocycles. The van der Waals surface area contributed by atoms with Gasteiger partial charge in [-0.2, -0.15) is 0 Å². The molecule has 2 nitrogen and oxygen atoms in total. The quantitative estimate of drug-likeness (QED) is 0.857. The van der Waals surface area contributed by atoms with Crippen LogP contribution < -0.4 is 4.74 Å². The Bertz CT molecular complexity index is 658. The molecule has 0 aliphatic carbocycles. The molecular formula is C18H18O2S. The van der Waals surface area contributed by atoms with Crippen LogP contribution in [0.1, 0.15) is 16.7 Å². The van der Waals surface area contributed by atoms with E-state index in [4.69, 9.17) is 4.74 Å². The average molecular weight is 298 g/mol. The predicted molar refractivity (Wildman–Crippen MR) is 86.2 cm³/mol. The number of fused-ring (bicyclic) bond motifs is 1. The molecule has 1 heterocycles. The number of thioether (sulfide) groups is 1. The number of hydrogen-bond donors (Lipinski definition) is 0. The van der Waals surface area contributed by atoms with Gasteiger partial charge in [0, 0.05) is 17.1 Å². The van der Waals surface area contributed by atoms with E-state index in [0.29, 0.717) is 12.2 Å². The van der Waals surface area contributed by atoms with Crippen molar-refractivity contribution in [2.75, 3.05) is 5.75 Å². The summed E-state index contributed by atoms with van der Waals surface area (Å²) >= 11 is 1.70. The van der Waals surface area contributed by atoms with Gasteiger partial charge in [-0.1, -0.05) is 30.3 Å². The molecule has 1 aliphatic rings. The molecule has 3 rings (SSSR count). The topological polar surface area (TPSA) is 26.3 Å². The van der Waals surface area contributed by atoms with Crippen molar-refractivity contribution in [1.29, 1.82) is 0 Å². The summed E-state index contributed by atoms with van der Waals surface area (Å²) in [7, 11) is 0. The molecule has 0 bridgehead atoms. The zero-order chi connectivity index (χ0) is 14.8. The first-order valence-corrected chi connectivity index (χ1v) is 8.10. The fraction of sp³-hybridized carbons (Fsp3) is 0.278. The van der Waals surface area contributed by atoms with Gasteiger partial charge < -0.3 is 4.74 Å². The monoisotopic (exact) mass is 298 g/mol. The Hall–Kier alpha value is -1.74. The third-order valence-electron chi connectivity index (χ3n) is 3.86. The van der Waals surface area contributed by atoms with Gasteiger partial charge in [-0.25, -0.2) is 0 Å². The smallest absolute Gasteiger partial charge is 0.178 e.